The minimum Gasteiger partial charge on any atom is -0.467 e. The van der Waals surface area contributed by atoms with E-state index in [-0.39, 0.29) is 5.92 Å². The maximum Gasteiger partial charge on any atom is 0.328 e. The average molecular weight is 278 g/mol. The Kier molecular flexibility index (Phi) is 5.55. The molecule has 1 atom stereocenters. The van der Waals surface area contributed by atoms with Gasteiger partial charge >= 0.3 is 12.0 Å². The van der Waals surface area contributed by atoms with Crippen LogP contribution < -0.4 is 10.6 Å². The number of ether oxygens (including phenoxy) is 1. The predicted molar refractivity (Wildman–Crippen MR) is 78.7 cm³/mol. The lowest BCUT2D eigenvalue weighted by Gasteiger charge is -2.20. The maximum absolute atomic E-state index is 12.0. The van der Waals surface area contributed by atoms with Crippen LogP contribution in [0.2, 0.25) is 0 Å². The highest BCUT2D eigenvalue weighted by Crippen LogP contribution is 2.16. The molecule has 20 heavy (non-hydrogen) atoms. The second kappa shape index (κ2) is 6.93. The molecule has 0 bridgehead atoms. The van der Waals surface area contributed by atoms with E-state index in [1.165, 1.54) is 7.11 Å². The van der Waals surface area contributed by atoms with Gasteiger partial charge in [-0.05, 0) is 37.0 Å². The highest BCUT2D eigenvalue weighted by atomic mass is 16.5. The van der Waals surface area contributed by atoms with E-state index in [4.69, 9.17) is 0 Å². The van der Waals surface area contributed by atoms with Gasteiger partial charge in [-0.2, -0.15) is 0 Å². The summed E-state index contributed by atoms with van der Waals surface area (Å²) in [7, 11) is 1.31. The number of amides is 2. The zero-order chi connectivity index (χ0) is 15.3. The summed E-state index contributed by atoms with van der Waals surface area (Å²) in [6, 6.07) is 4.72. The van der Waals surface area contributed by atoms with Gasteiger partial charge in [0.1, 0.15) is 6.04 Å². The first-order valence-corrected chi connectivity index (χ1v) is 6.57. The summed E-state index contributed by atoms with van der Waals surface area (Å²) in [4.78, 5) is 23.6. The van der Waals surface area contributed by atoms with Crippen molar-refractivity contribution >= 4 is 17.7 Å². The summed E-state index contributed by atoms with van der Waals surface area (Å²) in [6.45, 7) is 7.56. The zero-order valence-corrected chi connectivity index (χ0v) is 12.6. The molecular formula is C15H22N2O3. The van der Waals surface area contributed by atoms with Crippen LogP contribution in [-0.2, 0) is 9.53 Å². The molecule has 0 saturated carbocycles. The van der Waals surface area contributed by atoms with Gasteiger partial charge in [-0.15, -0.1) is 0 Å². The number of carbonyl (C=O) groups excluding carboxylic acids is 2. The van der Waals surface area contributed by atoms with Gasteiger partial charge in [-0.3, -0.25) is 0 Å². The maximum atomic E-state index is 12.0. The lowest BCUT2D eigenvalue weighted by Crippen LogP contribution is -2.46. The molecule has 0 aromatic heterocycles. The summed E-state index contributed by atoms with van der Waals surface area (Å²) in [5.74, 6) is -0.497. The van der Waals surface area contributed by atoms with Crippen LogP contribution in [0.5, 0.6) is 0 Å². The minimum absolute atomic E-state index is 0.0493. The van der Waals surface area contributed by atoms with Crippen molar-refractivity contribution in [3.8, 4) is 0 Å². The molecule has 2 N–H and O–H groups in total. The van der Waals surface area contributed by atoms with Crippen molar-refractivity contribution in [1.29, 1.82) is 0 Å². The van der Waals surface area contributed by atoms with E-state index in [1.54, 1.807) is 0 Å². The van der Waals surface area contributed by atoms with Crippen LogP contribution in [0.25, 0.3) is 0 Å². The highest BCUT2D eigenvalue weighted by Gasteiger charge is 2.24. The molecule has 1 rings (SSSR count). The van der Waals surface area contributed by atoms with Crippen LogP contribution in [0.1, 0.15) is 25.0 Å². The Balaban J connectivity index is 2.75. The topological polar surface area (TPSA) is 67.4 Å². The quantitative estimate of drug-likeness (QED) is 0.832. The number of anilines is 1. The molecule has 110 valence electrons. The fraction of sp³-hybridized carbons (Fsp3) is 0.467. The monoisotopic (exact) mass is 278 g/mol. The summed E-state index contributed by atoms with van der Waals surface area (Å²) in [5, 5.41) is 5.40. The van der Waals surface area contributed by atoms with Gasteiger partial charge in [0.15, 0.2) is 0 Å². The number of carbonyl (C=O) groups is 2. The molecule has 0 radical (unpaired) electrons. The van der Waals surface area contributed by atoms with E-state index in [1.807, 2.05) is 45.9 Å². The molecule has 1 aromatic carbocycles. The summed E-state index contributed by atoms with van der Waals surface area (Å²) in [6.07, 6.45) is 0. The van der Waals surface area contributed by atoms with Gasteiger partial charge in [-0.25, -0.2) is 9.59 Å². The average Bonchev–Trinajstić information content (AvgIpc) is 2.39. The third kappa shape index (κ3) is 4.26. The van der Waals surface area contributed by atoms with E-state index in [0.717, 1.165) is 16.8 Å². The molecule has 1 aromatic rings. The molecule has 5 heteroatoms. The normalized spacial score (nSPS) is 11.9. The van der Waals surface area contributed by atoms with Crippen LogP contribution in [0.3, 0.4) is 0 Å². The molecule has 0 saturated heterocycles. The zero-order valence-electron chi connectivity index (χ0n) is 12.6. The van der Waals surface area contributed by atoms with E-state index < -0.39 is 18.0 Å². The Labute approximate surface area is 119 Å². The Morgan fingerprint density at radius 1 is 1.20 bits per heavy atom. The molecular weight excluding hydrogens is 256 g/mol. The van der Waals surface area contributed by atoms with Crippen LogP contribution >= 0.6 is 0 Å². The third-order valence-electron chi connectivity index (χ3n) is 3.05. The van der Waals surface area contributed by atoms with Crippen molar-refractivity contribution in [3.63, 3.8) is 0 Å². The second-order valence-electron chi connectivity index (χ2n) is 5.16. The van der Waals surface area contributed by atoms with Crippen molar-refractivity contribution in [2.75, 3.05) is 12.4 Å². The van der Waals surface area contributed by atoms with Crippen molar-refractivity contribution in [2.45, 2.75) is 33.7 Å². The number of hydrogen-bond donors (Lipinski definition) is 2. The fourth-order valence-electron chi connectivity index (χ4n) is 1.79. The largest absolute Gasteiger partial charge is 0.467 e. The number of esters is 1. The highest BCUT2D eigenvalue weighted by molar-refractivity contribution is 5.93. The standard InChI is InChI=1S/C15H22N2O3/c1-9(2)13(14(18)20-5)17-15(19)16-12-8-10(3)6-7-11(12)4/h6-9,13H,1-5H3,(H2,16,17,19)/t13-/m0/s1. The Bertz CT molecular complexity index is 498. The number of rotatable bonds is 4. The molecule has 0 spiro atoms. The second-order valence-corrected chi connectivity index (χ2v) is 5.16. The van der Waals surface area contributed by atoms with E-state index in [0.29, 0.717) is 0 Å². The van der Waals surface area contributed by atoms with Crippen molar-refractivity contribution in [3.05, 3.63) is 29.3 Å². The summed E-state index contributed by atoms with van der Waals surface area (Å²) < 4.78 is 4.69. The summed E-state index contributed by atoms with van der Waals surface area (Å²) in [5.41, 5.74) is 2.75. The van der Waals surface area contributed by atoms with Crippen LogP contribution in [0.4, 0.5) is 10.5 Å². The first-order valence-electron chi connectivity index (χ1n) is 6.57. The van der Waals surface area contributed by atoms with E-state index in [2.05, 4.69) is 15.4 Å². The SMILES string of the molecule is COC(=O)[C@@H](NC(=O)Nc1cc(C)ccc1C)C(C)C. The molecule has 0 heterocycles. The van der Waals surface area contributed by atoms with Gasteiger partial charge in [0.2, 0.25) is 0 Å². The number of hydrogen-bond acceptors (Lipinski definition) is 3. The van der Waals surface area contributed by atoms with Gasteiger partial charge in [0.25, 0.3) is 0 Å². The molecule has 0 aliphatic rings. The van der Waals surface area contributed by atoms with Gasteiger partial charge < -0.3 is 15.4 Å². The number of benzene rings is 1. The van der Waals surface area contributed by atoms with Crippen LogP contribution in [-0.4, -0.2) is 25.2 Å². The van der Waals surface area contributed by atoms with Crippen LogP contribution in [0.15, 0.2) is 18.2 Å². The third-order valence-corrected chi connectivity index (χ3v) is 3.05. The Morgan fingerprint density at radius 2 is 1.85 bits per heavy atom. The van der Waals surface area contributed by atoms with Crippen LogP contribution in [0, 0.1) is 19.8 Å². The van der Waals surface area contributed by atoms with E-state index >= 15 is 0 Å². The van der Waals surface area contributed by atoms with E-state index in [9.17, 15) is 9.59 Å². The Morgan fingerprint density at radius 3 is 2.40 bits per heavy atom. The lowest BCUT2D eigenvalue weighted by atomic mass is 10.1. The number of nitrogens with one attached hydrogen (secondary N) is 2. The lowest BCUT2D eigenvalue weighted by molar-refractivity contribution is -0.143. The number of urea groups is 1. The summed E-state index contributed by atoms with van der Waals surface area (Å²) >= 11 is 0. The van der Waals surface area contributed by atoms with Crippen molar-refractivity contribution in [1.82, 2.24) is 5.32 Å². The first kappa shape index (κ1) is 16.0. The molecule has 0 fully saturated rings. The van der Waals surface area contributed by atoms with Crippen molar-refractivity contribution in [2.24, 2.45) is 5.92 Å². The van der Waals surface area contributed by atoms with Gasteiger partial charge in [0, 0.05) is 5.69 Å². The molecule has 0 aliphatic carbocycles. The van der Waals surface area contributed by atoms with Gasteiger partial charge in [-0.1, -0.05) is 26.0 Å². The molecule has 5 nitrogen and oxygen atoms in total. The predicted octanol–water partition coefficient (Wildman–Crippen LogP) is 2.62. The van der Waals surface area contributed by atoms with Crippen molar-refractivity contribution < 1.29 is 14.3 Å². The number of methoxy groups -OCH3 is 1. The molecule has 0 unspecified atom stereocenters. The molecule has 0 aliphatic heterocycles. The Hall–Kier alpha value is -2.04. The fourth-order valence-corrected chi connectivity index (χ4v) is 1.79. The first-order chi connectivity index (χ1) is 9.35. The van der Waals surface area contributed by atoms with Gasteiger partial charge in [0.05, 0.1) is 7.11 Å². The smallest absolute Gasteiger partial charge is 0.328 e. The minimum atomic E-state index is -0.662. The number of aryl methyl sites for hydroxylation is 2. The molecule has 2 amide bonds.